The van der Waals surface area contributed by atoms with E-state index in [2.05, 4.69) is 88.5 Å². The van der Waals surface area contributed by atoms with Gasteiger partial charge in [0.2, 0.25) is 0 Å². The van der Waals surface area contributed by atoms with E-state index in [9.17, 15) is 0 Å². The molecule has 0 atom stereocenters. The van der Waals surface area contributed by atoms with E-state index < -0.39 is 0 Å². The highest BCUT2D eigenvalue weighted by molar-refractivity contribution is 5.95. The van der Waals surface area contributed by atoms with E-state index in [1.165, 1.54) is 28.2 Å². The topological polar surface area (TPSA) is 41.0 Å². The van der Waals surface area contributed by atoms with E-state index in [0.717, 1.165) is 12.2 Å². The fraction of sp³-hybridized carbons (Fsp3) is 0.600. The van der Waals surface area contributed by atoms with E-state index in [-0.39, 0.29) is 14.9 Å². The van der Waals surface area contributed by atoms with Crippen LogP contribution in [0.4, 0.5) is 5.69 Å². The smallest absolute Gasteiger partial charge is 0.108 e. The van der Waals surface area contributed by atoms with Crippen molar-refractivity contribution in [3.63, 3.8) is 0 Å². The van der Waals surface area contributed by atoms with Gasteiger partial charge < -0.3 is 4.98 Å². The molecule has 1 aliphatic heterocycles. The first-order valence-electron chi connectivity index (χ1n) is 9.94. The van der Waals surface area contributed by atoms with Crippen molar-refractivity contribution in [2.75, 3.05) is 0 Å². The molecule has 1 N–H and O–H groups in total. The van der Waals surface area contributed by atoms with Gasteiger partial charge in [-0.25, -0.2) is 4.98 Å². The Balaban J connectivity index is 0.000000507. The maximum atomic E-state index is 4.67. The van der Waals surface area contributed by atoms with E-state index in [1.54, 1.807) is 0 Å². The molecule has 2 heterocycles. The first-order valence-corrected chi connectivity index (χ1v) is 9.94. The van der Waals surface area contributed by atoms with Crippen LogP contribution in [0.1, 0.15) is 111 Å². The highest BCUT2D eigenvalue weighted by Crippen LogP contribution is 2.31. The summed E-state index contributed by atoms with van der Waals surface area (Å²) in [5.41, 5.74) is 6.57. The van der Waals surface area contributed by atoms with Crippen molar-refractivity contribution >= 4 is 11.4 Å². The summed E-state index contributed by atoms with van der Waals surface area (Å²) in [5.74, 6) is 3.32. The van der Waals surface area contributed by atoms with Crippen LogP contribution in [0.25, 0.3) is 0 Å². The first kappa shape index (κ1) is 26.1. The molecule has 3 heteroatoms. The third-order valence-corrected chi connectivity index (χ3v) is 4.86. The average Bonchev–Trinajstić information content (AvgIpc) is 3.21. The summed E-state index contributed by atoms with van der Waals surface area (Å²) in [6, 6.07) is 6.69. The largest absolute Gasteiger partial charge is 0.345 e. The first-order chi connectivity index (χ1) is 12.2. The Labute approximate surface area is 174 Å². The van der Waals surface area contributed by atoms with Crippen LogP contribution < -0.4 is 0 Å². The van der Waals surface area contributed by atoms with Gasteiger partial charge >= 0.3 is 0 Å². The third kappa shape index (κ3) is 6.61. The molecule has 1 aromatic carbocycles. The summed E-state index contributed by atoms with van der Waals surface area (Å²) in [7, 11) is 0. The van der Waals surface area contributed by atoms with Crippen LogP contribution in [0, 0.1) is 5.92 Å². The number of hydrogen-bond donors (Lipinski definition) is 1. The van der Waals surface area contributed by atoms with Gasteiger partial charge in [0.25, 0.3) is 0 Å². The Bertz CT molecular complexity index is 726. The van der Waals surface area contributed by atoms with Gasteiger partial charge in [0.1, 0.15) is 5.82 Å². The number of aromatic amines is 1. The van der Waals surface area contributed by atoms with Crippen molar-refractivity contribution in [1.82, 2.24) is 9.97 Å². The standard InChI is InChI=1S/C14H19N.C9H16N2.2CH4/c1-9(2)11-5-6-13-12(7-11)8-14(15-13)10(3)4;1-6(2)8-5-10-9(11-8)7(3)4;;/h5-7,9-10H,8H2,1-4H3;5-7H,1-4H3,(H,10,11);2*1H4. The molecule has 3 rings (SSSR count). The Kier molecular flexibility index (Phi) is 10.4. The number of imidazole rings is 1. The van der Waals surface area contributed by atoms with E-state index in [1.807, 2.05) is 6.20 Å². The summed E-state index contributed by atoms with van der Waals surface area (Å²) in [4.78, 5) is 12.3. The van der Waals surface area contributed by atoms with Gasteiger partial charge in [0.05, 0.1) is 5.69 Å². The van der Waals surface area contributed by atoms with Crippen LogP contribution >= 0.6 is 0 Å². The molecule has 0 unspecified atom stereocenters. The van der Waals surface area contributed by atoms with Gasteiger partial charge in [-0.3, -0.25) is 4.99 Å². The van der Waals surface area contributed by atoms with Crippen LogP contribution in [0.2, 0.25) is 0 Å². The monoisotopic (exact) mass is 385 g/mol. The lowest BCUT2D eigenvalue weighted by Crippen LogP contribution is -2.06. The fourth-order valence-corrected chi connectivity index (χ4v) is 2.88. The lowest BCUT2D eigenvalue weighted by atomic mass is 9.97. The Morgan fingerprint density at radius 2 is 1.46 bits per heavy atom. The van der Waals surface area contributed by atoms with Gasteiger partial charge in [-0.2, -0.15) is 0 Å². The number of nitrogens with zero attached hydrogens (tertiary/aromatic N) is 2. The lowest BCUT2D eigenvalue weighted by molar-refractivity contribution is 0.771. The van der Waals surface area contributed by atoms with Crippen LogP contribution in [-0.2, 0) is 6.42 Å². The zero-order valence-corrected chi connectivity index (χ0v) is 17.7. The molecule has 0 aliphatic carbocycles. The molecule has 28 heavy (non-hydrogen) atoms. The van der Waals surface area contributed by atoms with Crippen LogP contribution in [0.15, 0.2) is 29.4 Å². The molecule has 0 saturated heterocycles. The molecule has 0 spiro atoms. The van der Waals surface area contributed by atoms with Crippen molar-refractivity contribution in [2.24, 2.45) is 10.9 Å². The summed E-state index contributed by atoms with van der Waals surface area (Å²) in [6.45, 7) is 17.5. The maximum absolute atomic E-state index is 4.67. The molecule has 3 nitrogen and oxygen atoms in total. The highest BCUT2D eigenvalue weighted by atomic mass is 14.9. The van der Waals surface area contributed by atoms with Crippen molar-refractivity contribution in [1.29, 1.82) is 0 Å². The molecule has 0 saturated carbocycles. The minimum Gasteiger partial charge on any atom is -0.345 e. The average molecular weight is 386 g/mol. The second-order valence-corrected chi connectivity index (χ2v) is 8.51. The van der Waals surface area contributed by atoms with Crippen LogP contribution in [0.3, 0.4) is 0 Å². The molecule has 1 aromatic heterocycles. The number of benzene rings is 1. The van der Waals surface area contributed by atoms with Gasteiger partial charge in [0.15, 0.2) is 0 Å². The van der Waals surface area contributed by atoms with Crippen molar-refractivity contribution < 1.29 is 0 Å². The van der Waals surface area contributed by atoms with Gasteiger partial charge in [-0.05, 0) is 34.9 Å². The predicted molar refractivity (Wildman–Crippen MR) is 126 cm³/mol. The van der Waals surface area contributed by atoms with Crippen molar-refractivity contribution in [3.8, 4) is 0 Å². The van der Waals surface area contributed by atoms with Gasteiger partial charge in [-0.1, -0.05) is 82.4 Å². The zero-order valence-electron chi connectivity index (χ0n) is 17.7. The number of aliphatic imine (C=N–C) groups is 1. The van der Waals surface area contributed by atoms with Gasteiger partial charge in [-0.15, -0.1) is 0 Å². The Morgan fingerprint density at radius 1 is 0.821 bits per heavy atom. The number of aromatic nitrogens is 2. The normalized spacial score (nSPS) is 12.4. The number of H-pyrrole nitrogens is 1. The molecule has 2 aromatic rings. The molecule has 0 amide bonds. The molecule has 1 aliphatic rings. The summed E-state index contributed by atoms with van der Waals surface area (Å²) in [5, 5.41) is 0. The number of hydrogen-bond acceptors (Lipinski definition) is 2. The van der Waals surface area contributed by atoms with E-state index in [4.69, 9.17) is 0 Å². The Morgan fingerprint density at radius 3 is 1.89 bits per heavy atom. The van der Waals surface area contributed by atoms with Crippen LogP contribution in [0.5, 0.6) is 0 Å². The SMILES string of the molecule is C.C.CC(C)C1=Nc2ccc(C(C)C)cc2C1.CC(C)c1cnc(C(C)C)[nH]1. The van der Waals surface area contributed by atoms with Crippen LogP contribution in [-0.4, -0.2) is 15.7 Å². The van der Waals surface area contributed by atoms with Gasteiger partial charge in [0, 0.05) is 29.9 Å². The quantitative estimate of drug-likeness (QED) is 0.568. The molecule has 0 fully saturated rings. The van der Waals surface area contributed by atoms with E-state index in [0.29, 0.717) is 23.7 Å². The third-order valence-electron chi connectivity index (χ3n) is 4.86. The van der Waals surface area contributed by atoms with Crippen molar-refractivity contribution in [3.05, 3.63) is 47.0 Å². The summed E-state index contributed by atoms with van der Waals surface area (Å²) in [6.07, 6.45) is 2.98. The minimum atomic E-state index is 0. The second kappa shape index (κ2) is 11.2. The molecular weight excluding hydrogens is 342 g/mol. The predicted octanol–water partition coefficient (Wildman–Crippen LogP) is 8.02. The number of rotatable bonds is 4. The van der Waals surface area contributed by atoms with Crippen molar-refractivity contribution in [2.45, 2.75) is 94.4 Å². The molecule has 0 bridgehead atoms. The molecule has 158 valence electrons. The fourth-order valence-electron chi connectivity index (χ4n) is 2.88. The number of fused-ring (bicyclic) bond motifs is 1. The molecule has 0 radical (unpaired) electrons. The highest BCUT2D eigenvalue weighted by Gasteiger charge is 2.17. The van der Waals surface area contributed by atoms with E-state index >= 15 is 0 Å². The zero-order chi connectivity index (χ0) is 19.4. The Hall–Kier alpha value is -1.90. The summed E-state index contributed by atoms with van der Waals surface area (Å²) < 4.78 is 0. The minimum absolute atomic E-state index is 0. The number of nitrogens with one attached hydrogen (secondary N) is 1. The lowest BCUT2D eigenvalue weighted by Gasteiger charge is -2.07. The molecular formula is C25H43N3. The maximum Gasteiger partial charge on any atom is 0.108 e. The summed E-state index contributed by atoms with van der Waals surface area (Å²) >= 11 is 0. The second-order valence-electron chi connectivity index (χ2n) is 8.51.